The lowest BCUT2D eigenvalue weighted by Gasteiger charge is -2.20. The van der Waals surface area contributed by atoms with Crippen molar-refractivity contribution >= 4 is 39.7 Å². The lowest BCUT2D eigenvalue weighted by molar-refractivity contribution is 0.459. The van der Waals surface area contributed by atoms with Gasteiger partial charge in [-0.1, -0.05) is 19.1 Å². The molecule has 0 saturated carbocycles. The molecule has 3 heterocycles. The van der Waals surface area contributed by atoms with Gasteiger partial charge in [-0.15, -0.1) is 23.7 Å². The summed E-state index contributed by atoms with van der Waals surface area (Å²) in [4.78, 5) is 13.8. The third kappa shape index (κ3) is 5.33. The maximum atomic E-state index is 15.7. The van der Waals surface area contributed by atoms with E-state index in [1.165, 1.54) is 17.4 Å². The number of sulfonamides is 1. The number of rotatable bonds is 6. The van der Waals surface area contributed by atoms with E-state index in [9.17, 15) is 8.42 Å². The molecule has 1 atom stereocenters. The number of anilines is 1. The standard InChI is InChI=1S/C21H25FN6O2S2.ClH/c1-2-16(32(24,29)30)13-4-3-5-14(17(13)22)18-19(15-8-11-26-21(23)27-15)31-20(28-18)12-6-9-25-10-7-12;/h3-5,8,11-12,16,25H,2,6-7,9-10H2,1H3,(H2,23,26,27)(H2,24,29,30);1H. The summed E-state index contributed by atoms with van der Waals surface area (Å²) >= 11 is 1.46. The molecule has 1 aromatic carbocycles. The van der Waals surface area contributed by atoms with Crippen molar-refractivity contribution in [2.75, 3.05) is 18.8 Å². The van der Waals surface area contributed by atoms with E-state index in [0.29, 0.717) is 16.3 Å². The molecule has 0 bridgehead atoms. The summed E-state index contributed by atoms with van der Waals surface area (Å²) in [5.41, 5.74) is 7.02. The van der Waals surface area contributed by atoms with Crippen LogP contribution in [0, 0.1) is 5.82 Å². The summed E-state index contributed by atoms with van der Waals surface area (Å²) in [5.74, 6) is -0.273. The van der Waals surface area contributed by atoms with Crippen molar-refractivity contribution in [3.8, 4) is 21.8 Å². The second-order valence-electron chi connectivity index (χ2n) is 7.75. The lowest BCUT2D eigenvalue weighted by Crippen LogP contribution is -2.26. The molecule has 178 valence electrons. The highest BCUT2D eigenvalue weighted by atomic mass is 35.5. The van der Waals surface area contributed by atoms with E-state index in [0.717, 1.165) is 30.9 Å². The summed E-state index contributed by atoms with van der Waals surface area (Å²) in [6.07, 6.45) is 3.58. The predicted octanol–water partition coefficient (Wildman–Crippen LogP) is 3.62. The number of thiazole rings is 1. The maximum absolute atomic E-state index is 15.7. The molecule has 1 unspecified atom stereocenters. The Morgan fingerprint density at radius 1 is 1.24 bits per heavy atom. The van der Waals surface area contributed by atoms with Crippen LogP contribution >= 0.6 is 23.7 Å². The fraction of sp³-hybridized carbons (Fsp3) is 0.381. The van der Waals surface area contributed by atoms with Crippen LogP contribution in [0.25, 0.3) is 21.8 Å². The number of nitrogens with one attached hydrogen (secondary N) is 1. The molecule has 1 fully saturated rings. The zero-order chi connectivity index (χ0) is 22.9. The number of piperidine rings is 1. The third-order valence-corrected chi connectivity index (χ3v) is 8.26. The first-order valence-electron chi connectivity index (χ1n) is 10.4. The monoisotopic (exact) mass is 512 g/mol. The molecule has 0 radical (unpaired) electrons. The van der Waals surface area contributed by atoms with E-state index in [1.807, 2.05) is 0 Å². The largest absolute Gasteiger partial charge is 0.368 e. The Morgan fingerprint density at radius 3 is 2.61 bits per heavy atom. The Hall–Kier alpha value is -2.18. The van der Waals surface area contributed by atoms with Crippen LogP contribution in [0.1, 0.15) is 47.9 Å². The normalized spacial score (nSPS) is 15.7. The highest BCUT2D eigenvalue weighted by Crippen LogP contribution is 2.42. The van der Waals surface area contributed by atoms with Crippen molar-refractivity contribution < 1.29 is 12.8 Å². The number of nitrogen functional groups attached to an aromatic ring is 1. The minimum Gasteiger partial charge on any atom is -0.368 e. The van der Waals surface area contributed by atoms with Gasteiger partial charge in [0.2, 0.25) is 16.0 Å². The Bertz CT molecular complexity index is 1230. The molecule has 0 aliphatic carbocycles. The van der Waals surface area contributed by atoms with Gasteiger partial charge in [0.1, 0.15) is 11.1 Å². The number of nitrogens with zero attached hydrogens (tertiary/aromatic N) is 3. The molecule has 33 heavy (non-hydrogen) atoms. The van der Waals surface area contributed by atoms with Crippen LogP contribution in [0.3, 0.4) is 0 Å². The van der Waals surface area contributed by atoms with Crippen molar-refractivity contribution in [3.05, 3.63) is 46.9 Å². The second-order valence-corrected chi connectivity index (χ2v) is 10.5. The molecule has 2 aromatic heterocycles. The molecular weight excluding hydrogens is 487 g/mol. The molecule has 12 heteroatoms. The van der Waals surface area contributed by atoms with Crippen molar-refractivity contribution in [1.29, 1.82) is 0 Å². The van der Waals surface area contributed by atoms with Gasteiger partial charge >= 0.3 is 0 Å². The fourth-order valence-corrected chi connectivity index (χ4v) is 6.27. The quantitative estimate of drug-likeness (QED) is 0.458. The van der Waals surface area contributed by atoms with Crippen LogP contribution in [0.15, 0.2) is 30.5 Å². The van der Waals surface area contributed by atoms with Crippen molar-refractivity contribution in [2.45, 2.75) is 37.4 Å². The van der Waals surface area contributed by atoms with Crippen LogP contribution in [0.2, 0.25) is 0 Å². The predicted molar refractivity (Wildman–Crippen MR) is 131 cm³/mol. The van der Waals surface area contributed by atoms with Gasteiger partial charge in [0.05, 0.1) is 21.3 Å². The molecule has 5 N–H and O–H groups in total. The fourth-order valence-electron chi connectivity index (χ4n) is 4.05. The zero-order valence-electron chi connectivity index (χ0n) is 18.0. The number of hydrogen-bond acceptors (Lipinski definition) is 8. The van der Waals surface area contributed by atoms with E-state index in [4.69, 9.17) is 15.9 Å². The highest BCUT2D eigenvalue weighted by molar-refractivity contribution is 7.89. The first kappa shape index (κ1) is 25.4. The minimum atomic E-state index is -3.97. The van der Waals surface area contributed by atoms with Gasteiger partial charge in [0.25, 0.3) is 0 Å². The lowest BCUT2D eigenvalue weighted by atomic mass is 9.98. The Morgan fingerprint density at radius 2 is 1.97 bits per heavy atom. The van der Waals surface area contributed by atoms with E-state index in [2.05, 4.69) is 15.3 Å². The summed E-state index contributed by atoms with van der Waals surface area (Å²) < 4.78 is 39.8. The van der Waals surface area contributed by atoms with Crippen LogP contribution in [-0.4, -0.2) is 36.5 Å². The topological polar surface area (TPSA) is 137 Å². The van der Waals surface area contributed by atoms with Gasteiger partial charge in [0, 0.05) is 23.2 Å². The van der Waals surface area contributed by atoms with Crippen LogP contribution in [0.5, 0.6) is 0 Å². The summed E-state index contributed by atoms with van der Waals surface area (Å²) in [6.45, 7) is 3.45. The summed E-state index contributed by atoms with van der Waals surface area (Å²) in [6, 6.07) is 6.40. The third-order valence-electron chi connectivity index (χ3n) is 5.64. The number of halogens is 2. The smallest absolute Gasteiger partial charge is 0.220 e. The number of benzene rings is 1. The Kier molecular flexibility index (Phi) is 8.01. The second kappa shape index (κ2) is 10.4. The molecule has 1 saturated heterocycles. The summed E-state index contributed by atoms with van der Waals surface area (Å²) in [7, 11) is -3.97. The SMILES string of the molecule is CCC(c1cccc(-c2nc(C3CCNCC3)sc2-c2ccnc(N)n2)c1F)S(N)(=O)=O.Cl. The van der Waals surface area contributed by atoms with Gasteiger partial charge in [-0.05, 0) is 44.5 Å². The van der Waals surface area contributed by atoms with Gasteiger partial charge < -0.3 is 11.1 Å². The molecule has 8 nitrogen and oxygen atoms in total. The average molecular weight is 513 g/mol. The van der Waals surface area contributed by atoms with Gasteiger partial charge in [0.15, 0.2) is 0 Å². The number of primary sulfonamides is 1. The molecule has 0 spiro atoms. The van der Waals surface area contributed by atoms with Crippen molar-refractivity contribution in [1.82, 2.24) is 20.3 Å². The van der Waals surface area contributed by atoms with Crippen LogP contribution in [0.4, 0.5) is 10.3 Å². The van der Waals surface area contributed by atoms with E-state index < -0.39 is 21.1 Å². The first-order chi connectivity index (χ1) is 15.3. The van der Waals surface area contributed by atoms with Crippen molar-refractivity contribution in [2.24, 2.45) is 5.14 Å². The van der Waals surface area contributed by atoms with Crippen LogP contribution in [-0.2, 0) is 10.0 Å². The van der Waals surface area contributed by atoms with Gasteiger partial charge in [-0.2, -0.15) is 0 Å². The highest BCUT2D eigenvalue weighted by Gasteiger charge is 2.29. The van der Waals surface area contributed by atoms with Gasteiger partial charge in [-0.25, -0.2) is 32.9 Å². The number of nitrogens with two attached hydrogens (primary N) is 2. The molecule has 0 amide bonds. The Balaban J connectivity index is 0.00000306. The zero-order valence-corrected chi connectivity index (χ0v) is 20.4. The average Bonchev–Trinajstić information content (AvgIpc) is 3.20. The minimum absolute atomic E-state index is 0. The number of hydrogen-bond donors (Lipinski definition) is 3. The first-order valence-corrected chi connectivity index (χ1v) is 12.8. The van der Waals surface area contributed by atoms with E-state index >= 15 is 4.39 Å². The number of aromatic nitrogens is 3. The van der Waals surface area contributed by atoms with E-state index in [-0.39, 0.29) is 41.8 Å². The molecule has 1 aliphatic heterocycles. The van der Waals surface area contributed by atoms with Crippen LogP contribution < -0.4 is 16.2 Å². The Labute approximate surface area is 202 Å². The van der Waals surface area contributed by atoms with Gasteiger partial charge in [-0.3, -0.25) is 0 Å². The maximum Gasteiger partial charge on any atom is 0.220 e. The molecular formula is C21H26ClFN6O2S2. The van der Waals surface area contributed by atoms with E-state index in [1.54, 1.807) is 31.3 Å². The van der Waals surface area contributed by atoms with Crippen molar-refractivity contribution in [3.63, 3.8) is 0 Å². The molecule has 3 aromatic rings. The summed E-state index contributed by atoms with van der Waals surface area (Å²) in [5, 5.41) is 8.48. The molecule has 1 aliphatic rings. The molecule has 4 rings (SSSR count).